The van der Waals surface area contributed by atoms with Gasteiger partial charge in [-0.3, -0.25) is 14.4 Å². The molecular weight excluding hydrogens is 346 g/mol. The number of carboxylic acid groups (broad SMARTS) is 1. The van der Waals surface area contributed by atoms with E-state index in [2.05, 4.69) is 26.1 Å². The third-order valence-corrected chi connectivity index (χ3v) is 4.34. The van der Waals surface area contributed by atoms with Gasteiger partial charge in [0.2, 0.25) is 0 Å². The molecule has 1 aromatic carbocycles. The molecule has 0 saturated carbocycles. The summed E-state index contributed by atoms with van der Waals surface area (Å²) in [5.74, 6) is -2.42. The van der Waals surface area contributed by atoms with Crippen LogP contribution in [0, 0.1) is 11.3 Å². The molecule has 0 heterocycles. The first-order chi connectivity index (χ1) is 12.6. The summed E-state index contributed by atoms with van der Waals surface area (Å²) in [5, 5.41) is 12.2. The van der Waals surface area contributed by atoms with Crippen molar-refractivity contribution in [3.05, 3.63) is 35.9 Å². The van der Waals surface area contributed by atoms with Gasteiger partial charge in [-0.15, -0.1) is 0 Å². The van der Waals surface area contributed by atoms with Crippen LogP contribution in [-0.4, -0.2) is 42.5 Å². The summed E-state index contributed by atoms with van der Waals surface area (Å²) in [5.41, 5.74) is 1.00. The van der Waals surface area contributed by atoms with E-state index in [0.29, 0.717) is 13.0 Å². The molecule has 0 saturated heterocycles. The lowest BCUT2D eigenvalue weighted by Gasteiger charge is -2.22. The molecule has 27 heavy (non-hydrogen) atoms. The van der Waals surface area contributed by atoms with Crippen molar-refractivity contribution in [3.63, 3.8) is 0 Å². The van der Waals surface area contributed by atoms with Gasteiger partial charge in [-0.05, 0) is 30.4 Å². The Morgan fingerprint density at radius 2 is 1.74 bits per heavy atom. The van der Waals surface area contributed by atoms with Crippen molar-refractivity contribution in [3.8, 4) is 0 Å². The molecule has 0 aliphatic rings. The summed E-state index contributed by atoms with van der Waals surface area (Å²) in [4.78, 5) is 36.0. The van der Waals surface area contributed by atoms with Crippen LogP contribution in [0.1, 0.15) is 45.6 Å². The van der Waals surface area contributed by atoms with Gasteiger partial charge in [-0.25, -0.2) is 0 Å². The van der Waals surface area contributed by atoms with Crippen molar-refractivity contribution < 1.29 is 24.2 Å². The molecule has 2 N–H and O–H groups in total. The van der Waals surface area contributed by atoms with Gasteiger partial charge < -0.3 is 15.2 Å². The molecule has 0 aliphatic carbocycles. The molecule has 1 aromatic rings. The molecule has 0 fully saturated rings. The highest BCUT2D eigenvalue weighted by Gasteiger charge is 2.28. The van der Waals surface area contributed by atoms with Crippen LogP contribution >= 0.6 is 0 Å². The number of ether oxygens (including phenoxy) is 1. The van der Waals surface area contributed by atoms with Crippen LogP contribution in [0.4, 0.5) is 0 Å². The molecule has 0 amide bonds. The largest absolute Gasteiger partial charge is 0.481 e. The Balaban J connectivity index is 2.80. The highest BCUT2D eigenvalue weighted by Crippen LogP contribution is 2.19. The number of nitrogens with one attached hydrogen (secondary N) is 1. The molecule has 6 heteroatoms. The molecule has 0 spiro atoms. The molecule has 0 radical (unpaired) electrons. The van der Waals surface area contributed by atoms with Crippen molar-refractivity contribution in [1.29, 1.82) is 0 Å². The van der Waals surface area contributed by atoms with E-state index >= 15 is 0 Å². The predicted molar refractivity (Wildman–Crippen MR) is 103 cm³/mol. The van der Waals surface area contributed by atoms with Crippen molar-refractivity contribution in [2.75, 3.05) is 13.7 Å². The Hall–Kier alpha value is -2.21. The van der Waals surface area contributed by atoms with E-state index < -0.39 is 23.9 Å². The van der Waals surface area contributed by atoms with Crippen molar-refractivity contribution in [2.24, 2.45) is 11.3 Å². The topological polar surface area (TPSA) is 92.7 Å². The number of Topliss-reactive ketones (excluding diaryl/α,β-unsaturated/α-hetero) is 1. The first-order valence-corrected chi connectivity index (χ1v) is 9.22. The fourth-order valence-electron chi connectivity index (χ4n) is 2.79. The Labute approximate surface area is 161 Å². The minimum Gasteiger partial charge on any atom is -0.481 e. The Bertz CT molecular complexity index is 621. The summed E-state index contributed by atoms with van der Waals surface area (Å²) in [6.07, 6.45) is 0.826. The van der Waals surface area contributed by atoms with Crippen LogP contribution in [0.15, 0.2) is 30.3 Å². The monoisotopic (exact) mass is 377 g/mol. The molecule has 0 unspecified atom stereocenters. The second-order valence-electron chi connectivity index (χ2n) is 8.00. The van der Waals surface area contributed by atoms with Crippen LogP contribution in [-0.2, 0) is 25.5 Å². The second kappa shape index (κ2) is 10.8. The zero-order chi connectivity index (χ0) is 20.4. The van der Waals surface area contributed by atoms with Gasteiger partial charge in [0.25, 0.3) is 0 Å². The van der Waals surface area contributed by atoms with Gasteiger partial charge in [-0.1, -0.05) is 51.1 Å². The van der Waals surface area contributed by atoms with Gasteiger partial charge >= 0.3 is 11.9 Å². The summed E-state index contributed by atoms with van der Waals surface area (Å²) < 4.78 is 4.84. The number of hydrogen-bond acceptors (Lipinski definition) is 5. The number of aliphatic carboxylic acids is 1. The van der Waals surface area contributed by atoms with Crippen LogP contribution < -0.4 is 5.32 Å². The average molecular weight is 377 g/mol. The maximum Gasteiger partial charge on any atom is 0.309 e. The van der Waals surface area contributed by atoms with E-state index in [-0.39, 0.29) is 24.0 Å². The molecule has 1 rings (SSSR count). The highest BCUT2D eigenvalue weighted by atomic mass is 16.5. The van der Waals surface area contributed by atoms with Gasteiger partial charge in [0.1, 0.15) is 0 Å². The van der Waals surface area contributed by atoms with E-state index in [1.165, 1.54) is 7.11 Å². The van der Waals surface area contributed by atoms with Gasteiger partial charge in [0.05, 0.1) is 25.5 Å². The Kier molecular flexibility index (Phi) is 9.15. The number of carbonyl (C=O) groups is 3. The van der Waals surface area contributed by atoms with E-state index in [1.54, 1.807) is 0 Å². The number of hydrogen-bond donors (Lipinski definition) is 2. The maximum absolute atomic E-state index is 12.7. The van der Waals surface area contributed by atoms with E-state index in [1.807, 2.05) is 30.3 Å². The van der Waals surface area contributed by atoms with Crippen molar-refractivity contribution in [2.45, 2.75) is 52.5 Å². The van der Waals surface area contributed by atoms with Crippen molar-refractivity contribution >= 4 is 17.7 Å². The minimum atomic E-state index is -1.05. The maximum atomic E-state index is 12.7. The number of ketones is 1. The first kappa shape index (κ1) is 22.8. The molecule has 0 aromatic heterocycles. The number of benzene rings is 1. The highest BCUT2D eigenvalue weighted by molar-refractivity contribution is 5.90. The molecule has 0 aliphatic heterocycles. The lowest BCUT2D eigenvalue weighted by molar-refractivity contribution is -0.147. The number of carboxylic acids is 1. The second-order valence-corrected chi connectivity index (χ2v) is 8.00. The summed E-state index contributed by atoms with van der Waals surface area (Å²) in [6.45, 7) is 6.77. The van der Waals surface area contributed by atoms with Gasteiger partial charge in [0, 0.05) is 6.42 Å². The number of esters is 1. The van der Waals surface area contributed by atoms with Crippen LogP contribution in [0.2, 0.25) is 0 Å². The molecule has 0 bridgehead atoms. The fourth-order valence-corrected chi connectivity index (χ4v) is 2.79. The predicted octanol–water partition coefficient (Wildman–Crippen LogP) is 2.85. The van der Waals surface area contributed by atoms with Crippen LogP contribution in [0.3, 0.4) is 0 Å². The van der Waals surface area contributed by atoms with Crippen LogP contribution in [0.5, 0.6) is 0 Å². The first-order valence-electron chi connectivity index (χ1n) is 9.22. The third-order valence-electron chi connectivity index (χ3n) is 4.34. The lowest BCUT2D eigenvalue weighted by atomic mass is 9.90. The number of methoxy groups -OCH3 is 1. The van der Waals surface area contributed by atoms with Crippen LogP contribution in [0.25, 0.3) is 0 Å². The fraction of sp³-hybridized carbons (Fsp3) is 0.571. The van der Waals surface area contributed by atoms with E-state index in [0.717, 1.165) is 12.0 Å². The number of carbonyl (C=O) groups excluding carboxylic acids is 2. The summed E-state index contributed by atoms with van der Waals surface area (Å²) in [6, 6.07) is 8.57. The Morgan fingerprint density at radius 1 is 1.11 bits per heavy atom. The van der Waals surface area contributed by atoms with Gasteiger partial charge in [0.15, 0.2) is 5.78 Å². The molecule has 6 nitrogen and oxygen atoms in total. The standard InChI is InChI=1S/C21H31NO5/c1-21(2,3)10-11-22-17(14-19(24)25)18(23)13-16(20(26)27-4)12-15-8-6-5-7-9-15/h5-9,16-17,22H,10-14H2,1-4H3,(H,24,25)/t16-,17+/m1/s1. The number of rotatable bonds is 11. The van der Waals surface area contributed by atoms with Gasteiger partial charge in [-0.2, -0.15) is 0 Å². The Morgan fingerprint density at radius 3 is 2.26 bits per heavy atom. The molecular formula is C21H31NO5. The smallest absolute Gasteiger partial charge is 0.309 e. The normalized spacial score (nSPS) is 13.6. The van der Waals surface area contributed by atoms with E-state index in [9.17, 15) is 14.4 Å². The third kappa shape index (κ3) is 9.33. The zero-order valence-electron chi connectivity index (χ0n) is 16.7. The van der Waals surface area contributed by atoms with Crippen molar-refractivity contribution in [1.82, 2.24) is 5.32 Å². The average Bonchev–Trinajstić information content (AvgIpc) is 2.59. The summed E-state index contributed by atoms with van der Waals surface area (Å²) >= 11 is 0. The minimum absolute atomic E-state index is 0.0535. The molecule has 150 valence electrons. The SMILES string of the molecule is COC(=O)[C@@H](CC(=O)[C@H](CC(=O)O)NCCC(C)(C)C)Cc1ccccc1. The van der Waals surface area contributed by atoms with E-state index in [4.69, 9.17) is 9.84 Å². The zero-order valence-corrected chi connectivity index (χ0v) is 16.7. The quantitative estimate of drug-likeness (QED) is 0.576. The lowest BCUT2D eigenvalue weighted by Crippen LogP contribution is -2.41. The summed E-state index contributed by atoms with van der Waals surface area (Å²) in [7, 11) is 1.29. The molecule has 2 atom stereocenters.